The van der Waals surface area contributed by atoms with Crippen molar-refractivity contribution in [1.29, 1.82) is 0 Å². The monoisotopic (exact) mass is 337 g/mol. The second kappa shape index (κ2) is 6.10. The Balaban J connectivity index is 1.65. The van der Waals surface area contributed by atoms with Crippen molar-refractivity contribution in [3.05, 3.63) is 35.7 Å². The number of aryl methyl sites for hydroxylation is 1. The molecule has 1 atom stereocenters. The topological polar surface area (TPSA) is 79.8 Å². The second-order valence-corrected chi connectivity index (χ2v) is 7.50. The first-order chi connectivity index (χ1) is 12.0. The SMILES string of the molecule is CC1(C)CCC(Nc2nc(-c3ccccn3)nc3c2CCC3)C(=O)N1. The summed E-state index contributed by atoms with van der Waals surface area (Å²) in [5, 5.41) is 6.47. The molecular weight excluding hydrogens is 314 g/mol. The lowest BCUT2D eigenvalue weighted by Gasteiger charge is -2.35. The third kappa shape index (κ3) is 3.21. The molecule has 0 aromatic carbocycles. The number of nitrogens with one attached hydrogen (secondary N) is 2. The quantitative estimate of drug-likeness (QED) is 0.899. The molecule has 1 aliphatic carbocycles. The van der Waals surface area contributed by atoms with Crippen molar-refractivity contribution in [3.63, 3.8) is 0 Å². The fraction of sp³-hybridized carbons (Fsp3) is 0.474. The van der Waals surface area contributed by atoms with Crippen molar-refractivity contribution >= 4 is 11.7 Å². The van der Waals surface area contributed by atoms with Crippen molar-refractivity contribution < 1.29 is 4.79 Å². The zero-order valence-electron chi connectivity index (χ0n) is 14.7. The molecule has 0 spiro atoms. The average molecular weight is 337 g/mol. The van der Waals surface area contributed by atoms with Gasteiger partial charge in [0.25, 0.3) is 0 Å². The molecule has 6 heteroatoms. The van der Waals surface area contributed by atoms with Gasteiger partial charge >= 0.3 is 0 Å². The summed E-state index contributed by atoms with van der Waals surface area (Å²) in [6.45, 7) is 4.12. The lowest BCUT2D eigenvalue weighted by Crippen LogP contribution is -2.55. The van der Waals surface area contributed by atoms with Gasteiger partial charge in [0, 0.05) is 23.0 Å². The van der Waals surface area contributed by atoms with E-state index in [1.807, 2.05) is 18.2 Å². The fourth-order valence-corrected chi connectivity index (χ4v) is 3.58. The zero-order chi connectivity index (χ0) is 17.4. The highest BCUT2D eigenvalue weighted by Gasteiger charge is 2.33. The second-order valence-electron chi connectivity index (χ2n) is 7.50. The van der Waals surface area contributed by atoms with Crippen LogP contribution in [0.5, 0.6) is 0 Å². The van der Waals surface area contributed by atoms with Crippen molar-refractivity contribution in [2.24, 2.45) is 0 Å². The summed E-state index contributed by atoms with van der Waals surface area (Å²) in [7, 11) is 0. The molecule has 4 rings (SSSR count). The molecule has 6 nitrogen and oxygen atoms in total. The van der Waals surface area contributed by atoms with E-state index >= 15 is 0 Å². The van der Waals surface area contributed by atoms with Crippen molar-refractivity contribution in [2.75, 3.05) is 5.32 Å². The maximum absolute atomic E-state index is 12.4. The number of fused-ring (bicyclic) bond motifs is 1. The molecule has 0 radical (unpaired) electrons. The number of piperidine rings is 1. The highest BCUT2D eigenvalue weighted by atomic mass is 16.2. The molecule has 1 amide bonds. The molecule has 2 N–H and O–H groups in total. The first kappa shape index (κ1) is 16.0. The maximum atomic E-state index is 12.4. The number of rotatable bonds is 3. The molecule has 2 aliphatic rings. The standard InChI is InChI=1S/C19H23N5O/c1-19(2)10-9-15(18(25)24-19)22-16-12-6-5-8-13(12)21-17(23-16)14-7-3-4-11-20-14/h3-4,7,11,15H,5-6,8-10H2,1-2H3,(H,24,25)(H,21,22,23). The van der Waals surface area contributed by atoms with Gasteiger partial charge in [-0.25, -0.2) is 9.97 Å². The molecule has 0 saturated carbocycles. The van der Waals surface area contributed by atoms with Crippen LogP contribution >= 0.6 is 0 Å². The van der Waals surface area contributed by atoms with Crippen LogP contribution in [0.2, 0.25) is 0 Å². The summed E-state index contributed by atoms with van der Waals surface area (Å²) in [6, 6.07) is 5.48. The highest BCUT2D eigenvalue weighted by molar-refractivity contribution is 5.86. The van der Waals surface area contributed by atoms with Crippen LogP contribution in [0.25, 0.3) is 11.5 Å². The molecule has 3 heterocycles. The molecule has 1 saturated heterocycles. The van der Waals surface area contributed by atoms with Crippen LogP contribution < -0.4 is 10.6 Å². The van der Waals surface area contributed by atoms with E-state index in [4.69, 9.17) is 9.97 Å². The number of carbonyl (C=O) groups excluding carboxylic acids is 1. The number of carbonyl (C=O) groups is 1. The van der Waals surface area contributed by atoms with Gasteiger partial charge in [0.1, 0.15) is 17.6 Å². The van der Waals surface area contributed by atoms with Gasteiger partial charge in [0.15, 0.2) is 5.82 Å². The van der Waals surface area contributed by atoms with E-state index in [-0.39, 0.29) is 17.5 Å². The lowest BCUT2D eigenvalue weighted by molar-refractivity contribution is -0.125. The van der Waals surface area contributed by atoms with Gasteiger partial charge in [-0.15, -0.1) is 0 Å². The molecule has 1 fully saturated rings. The Morgan fingerprint density at radius 2 is 2.12 bits per heavy atom. The Labute approximate surface area is 147 Å². The Morgan fingerprint density at radius 3 is 2.88 bits per heavy atom. The van der Waals surface area contributed by atoms with E-state index in [2.05, 4.69) is 29.5 Å². The van der Waals surface area contributed by atoms with Crippen LogP contribution in [0.4, 0.5) is 5.82 Å². The van der Waals surface area contributed by atoms with E-state index < -0.39 is 0 Å². The Kier molecular flexibility index (Phi) is 3.90. The van der Waals surface area contributed by atoms with Crippen LogP contribution in [0.3, 0.4) is 0 Å². The summed E-state index contributed by atoms with van der Waals surface area (Å²) in [4.78, 5) is 26.2. The van der Waals surface area contributed by atoms with E-state index in [0.29, 0.717) is 5.82 Å². The molecule has 2 aromatic rings. The number of hydrogen-bond donors (Lipinski definition) is 2. The number of hydrogen-bond acceptors (Lipinski definition) is 5. The van der Waals surface area contributed by atoms with Crippen LogP contribution in [-0.4, -0.2) is 32.4 Å². The van der Waals surface area contributed by atoms with Crippen molar-refractivity contribution in [1.82, 2.24) is 20.3 Å². The Bertz CT molecular complexity index is 803. The zero-order valence-corrected chi connectivity index (χ0v) is 14.7. The summed E-state index contributed by atoms with van der Waals surface area (Å²) >= 11 is 0. The van der Waals surface area contributed by atoms with Gasteiger partial charge in [-0.2, -0.15) is 0 Å². The molecule has 1 unspecified atom stereocenters. The number of pyridine rings is 1. The van der Waals surface area contributed by atoms with E-state index in [9.17, 15) is 4.79 Å². The first-order valence-corrected chi connectivity index (χ1v) is 8.92. The number of amides is 1. The number of nitrogens with zero attached hydrogens (tertiary/aromatic N) is 3. The Morgan fingerprint density at radius 1 is 1.24 bits per heavy atom. The summed E-state index contributed by atoms with van der Waals surface area (Å²) in [5.41, 5.74) is 2.85. The molecule has 1 aliphatic heterocycles. The molecule has 130 valence electrons. The van der Waals surface area contributed by atoms with Gasteiger partial charge in [-0.05, 0) is 58.1 Å². The summed E-state index contributed by atoms with van der Waals surface area (Å²) < 4.78 is 0. The van der Waals surface area contributed by atoms with Crippen LogP contribution in [0, 0.1) is 0 Å². The van der Waals surface area contributed by atoms with E-state index in [1.165, 1.54) is 0 Å². The van der Waals surface area contributed by atoms with E-state index in [0.717, 1.165) is 54.9 Å². The van der Waals surface area contributed by atoms with Gasteiger partial charge in [0.2, 0.25) is 5.91 Å². The molecular formula is C19H23N5O. The smallest absolute Gasteiger partial charge is 0.242 e. The van der Waals surface area contributed by atoms with Crippen LogP contribution in [0.1, 0.15) is 44.4 Å². The van der Waals surface area contributed by atoms with Crippen LogP contribution in [-0.2, 0) is 17.6 Å². The largest absolute Gasteiger partial charge is 0.358 e. The molecule has 0 bridgehead atoms. The molecule has 2 aromatic heterocycles. The van der Waals surface area contributed by atoms with Gasteiger partial charge in [0.05, 0.1) is 0 Å². The summed E-state index contributed by atoms with van der Waals surface area (Å²) in [6.07, 6.45) is 6.48. The maximum Gasteiger partial charge on any atom is 0.242 e. The minimum atomic E-state index is -0.246. The Hall–Kier alpha value is -2.50. The highest BCUT2D eigenvalue weighted by Crippen LogP contribution is 2.30. The normalized spacial score (nSPS) is 21.5. The van der Waals surface area contributed by atoms with Gasteiger partial charge < -0.3 is 10.6 Å². The number of anilines is 1. The summed E-state index contributed by atoms with van der Waals surface area (Å²) in [5.74, 6) is 1.46. The van der Waals surface area contributed by atoms with Gasteiger partial charge in [-0.3, -0.25) is 9.78 Å². The fourth-order valence-electron chi connectivity index (χ4n) is 3.58. The number of aromatic nitrogens is 3. The third-order valence-corrected chi connectivity index (χ3v) is 4.97. The van der Waals surface area contributed by atoms with Crippen LogP contribution in [0.15, 0.2) is 24.4 Å². The minimum Gasteiger partial charge on any atom is -0.358 e. The first-order valence-electron chi connectivity index (χ1n) is 8.92. The molecule has 25 heavy (non-hydrogen) atoms. The predicted molar refractivity (Wildman–Crippen MR) is 96.2 cm³/mol. The third-order valence-electron chi connectivity index (χ3n) is 4.97. The predicted octanol–water partition coefficient (Wildman–Crippen LogP) is 2.50. The van der Waals surface area contributed by atoms with E-state index in [1.54, 1.807) is 6.20 Å². The minimum absolute atomic E-state index is 0.0426. The van der Waals surface area contributed by atoms with Crippen molar-refractivity contribution in [2.45, 2.75) is 57.5 Å². The van der Waals surface area contributed by atoms with Gasteiger partial charge in [-0.1, -0.05) is 6.07 Å². The lowest BCUT2D eigenvalue weighted by atomic mass is 9.90. The van der Waals surface area contributed by atoms with Crippen molar-refractivity contribution in [3.8, 4) is 11.5 Å². The average Bonchev–Trinajstić information content (AvgIpc) is 3.06.